The average Bonchev–Trinajstić information content (AvgIpc) is 2.66. The van der Waals surface area contributed by atoms with E-state index < -0.39 is 17.7 Å². The SMILES string of the molecule is CCOC(=O)NC(=O)/C(C#N)=N\Nc1cc(Cl)c(Oc2ccc(O)cc2)c(Cl)c1. The fraction of sp³-hybridized carbons (Fsp3) is 0.111. The molecule has 0 aliphatic carbocycles. The van der Waals surface area contributed by atoms with E-state index in [1.165, 1.54) is 36.4 Å². The van der Waals surface area contributed by atoms with Crippen LogP contribution in [-0.4, -0.2) is 29.4 Å². The van der Waals surface area contributed by atoms with Crippen molar-refractivity contribution in [3.05, 3.63) is 46.4 Å². The van der Waals surface area contributed by atoms with Crippen molar-refractivity contribution in [2.45, 2.75) is 6.92 Å². The lowest BCUT2D eigenvalue weighted by atomic mass is 10.3. The Morgan fingerprint density at radius 2 is 1.83 bits per heavy atom. The Kier molecular flexibility index (Phi) is 7.65. The van der Waals surface area contributed by atoms with E-state index in [1.54, 1.807) is 13.0 Å². The zero-order valence-electron chi connectivity index (χ0n) is 14.9. The predicted molar refractivity (Wildman–Crippen MR) is 106 cm³/mol. The Balaban J connectivity index is 2.14. The van der Waals surface area contributed by atoms with E-state index in [0.717, 1.165) is 0 Å². The van der Waals surface area contributed by atoms with E-state index in [4.69, 9.17) is 33.2 Å². The number of anilines is 1. The molecule has 0 atom stereocenters. The maximum absolute atomic E-state index is 11.8. The molecule has 0 heterocycles. The minimum absolute atomic E-state index is 0.0615. The first kappa shape index (κ1) is 21.8. The highest BCUT2D eigenvalue weighted by atomic mass is 35.5. The number of hydrogen-bond acceptors (Lipinski definition) is 8. The summed E-state index contributed by atoms with van der Waals surface area (Å²) < 4.78 is 10.1. The van der Waals surface area contributed by atoms with Crippen LogP contribution in [-0.2, 0) is 9.53 Å². The molecule has 0 fully saturated rings. The smallest absolute Gasteiger partial charge is 0.414 e. The van der Waals surface area contributed by atoms with Crippen LogP contribution in [0.3, 0.4) is 0 Å². The van der Waals surface area contributed by atoms with Crippen LogP contribution in [0.15, 0.2) is 41.5 Å². The summed E-state index contributed by atoms with van der Waals surface area (Å²) in [6, 6.07) is 10.3. The van der Waals surface area contributed by atoms with Crippen LogP contribution in [0.25, 0.3) is 0 Å². The number of halogens is 2. The number of amides is 2. The first-order valence-electron chi connectivity index (χ1n) is 8.01. The Hall–Kier alpha value is -3.48. The summed E-state index contributed by atoms with van der Waals surface area (Å²) in [5.41, 5.74) is 2.10. The molecular formula is C18H14Cl2N4O5. The first-order valence-corrected chi connectivity index (χ1v) is 8.77. The van der Waals surface area contributed by atoms with Gasteiger partial charge in [0.25, 0.3) is 5.91 Å². The standard InChI is InChI=1S/C18H14Cl2N4O5/c1-2-28-18(27)22-17(26)15(9-21)24-23-10-7-13(19)16(14(20)8-10)29-12-5-3-11(25)4-6-12/h3-8,23,25H,2H2,1H3,(H,22,26,27)/b24-15-. The van der Waals surface area contributed by atoms with Gasteiger partial charge >= 0.3 is 6.09 Å². The number of nitrogens with zero attached hydrogens (tertiary/aromatic N) is 2. The van der Waals surface area contributed by atoms with Crippen molar-refractivity contribution in [2.24, 2.45) is 5.10 Å². The molecule has 0 spiro atoms. The fourth-order valence-electron chi connectivity index (χ4n) is 1.92. The van der Waals surface area contributed by atoms with Gasteiger partial charge in [0.15, 0.2) is 5.75 Å². The number of hydrogen-bond donors (Lipinski definition) is 3. The van der Waals surface area contributed by atoms with E-state index in [0.29, 0.717) is 5.75 Å². The molecule has 2 rings (SSSR count). The molecule has 0 aliphatic rings. The zero-order valence-corrected chi connectivity index (χ0v) is 16.4. The van der Waals surface area contributed by atoms with Crippen LogP contribution in [0.5, 0.6) is 17.2 Å². The predicted octanol–water partition coefficient (Wildman–Crippen LogP) is 4.06. The number of hydrazone groups is 1. The van der Waals surface area contributed by atoms with Crippen molar-refractivity contribution in [1.29, 1.82) is 5.26 Å². The number of ether oxygens (including phenoxy) is 2. The number of aromatic hydroxyl groups is 1. The largest absolute Gasteiger partial charge is 0.508 e. The summed E-state index contributed by atoms with van der Waals surface area (Å²) in [4.78, 5) is 23.0. The quantitative estimate of drug-likeness (QED) is 0.459. The number of phenols is 1. The van der Waals surface area contributed by atoms with Crippen LogP contribution in [0.1, 0.15) is 6.92 Å². The lowest BCUT2D eigenvalue weighted by Gasteiger charge is -2.11. The molecule has 0 bridgehead atoms. The lowest BCUT2D eigenvalue weighted by Crippen LogP contribution is -2.36. The van der Waals surface area contributed by atoms with Crippen molar-refractivity contribution in [2.75, 3.05) is 12.0 Å². The monoisotopic (exact) mass is 436 g/mol. The molecular weight excluding hydrogens is 423 g/mol. The van der Waals surface area contributed by atoms with E-state index in [2.05, 4.69) is 15.3 Å². The minimum Gasteiger partial charge on any atom is -0.508 e. The van der Waals surface area contributed by atoms with Gasteiger partial charge in [-0.3, -0.25) is 15.5 Å². The number of rotatable bonds is 6. The molecule has 11 heteroatoms. The number of carbonyl (C=O) groups excluding carboxylic acids is 2. The maximum atomic E-state index is 11.8. The van der Waals surface area contributed by atoms with Crippen molar-refractivity contribution in [1.82, 2.24) is 5.32 Å². The maximum Gasteiger partial charge on any atom is 0.414 e. The van der Waals surface area contributed by atoms with Crippen LogP contribution in [0, 0.1) is 11.3 Å². The molecule has 0 aliphatic heterocycles. The Morgan fingerprint density at radius 3 is 2.38 bits per heavy atom. The number of phenolic OH excluding ortho intramolecular Hbond substituents is 1. The topological polar surface area (TPSA) is 133 Å². The zero-order chi connectivity index (χ0) is 21.4. The number of nitrogens with one attached hydrogen (secondary N) is 2. The van der Waals surface area contributed by atoms with Gasteiger partial charge in [-0.1, -0.05) is 23.2 Å². The van der Waals surface area contributed by atoms with E-state index in [1.807, 2.05) is 5.32 Å². The van der Waals surface area contributed by atoms with Gasteiger partial charge in [0.1, 0.15) is 17.6 Å². The number of benzene rings is 2. The molecule has 9 nitrogen and oxygen atoms in total. The number of imide groups is 1. The second-order valence-electron chi connectivity index (χ2n) is 5.22. The lowest BCUT2D eigenvalue weighted by molar-refractivity contribution is -0.114. The number of nitriles is 1. The van der Waals surface area contributed by atoms with Crippen LogP contribution in [0.4, 0.5) is 10.5 Å². The molecule has 2 amide bonds. The minimum atomic E-state index is -1.04. The normalized spacial score (nSPS) is 10.6. The van der Waals surface area contributed by atoms with Gasteiger partial charge < -0.3 is 14.6 Å². The molecule has 150 valence electrons. The molecule has 29 heavy (non-hydrogen) atoms. The Labute approximate surface area is 175 Å². The molecule has 2 aromatic carbocycles. The molecule has 0 aromatic heterocycles. The molecule has 0 unspecified atom stereocenters. The van der Waals surface area contributed by atoms with E-state index in [9.17, 15) is 14.7 Å². The second kappa shape index (κ2) is 10.2. The third kappa shape index (κ3) is 6.27. The van der Waals surface area contributed by atoms with Gasteiger partial charge in [-0.15, -0.1) is 0 Å². The third-order valence-electron chi connectivity index (χ3n) is 3.16. The Bertz CT molecular complexity index is 964. The van der Waals surface area contributed by atoms with Crippen LogP contribution < -0.4 is 15.5 Å². The summed E-state index contributed by atoms with van der Waals surface area (Å²) >= 11 is 12.4. The van der Waals surface area contributed by atoms with Gasteiger partial charge in [0.2, 0.25) is 5.71 Å². The van der Waals surface area contributed by atoms with Gasteiger partial charge in [-0.05, 0) is 43.3 Å². The van der Waals surface area contributed by atoms with Crippen LogP contribution >= 0.6 is 23.2 Å². The second-order valence-corrected chi connectivity index (χ2v) is 6.04. The molecule has 0 saturated heterocycles. The molecule has 0 saturated carbocycles. The summed E-state index contributed by atoms with van der Waals surface area (Å²) in [7, 11) is 0. The summed E-state index contributed by atoms with van der Waals surface area (Å²) in [5.74, 6) is -0.406. The molecule has 0 radical (unpaired) electrons. The molecule has 3 N–H and O–H groups in total. The average molecular weight is 437 g/mol. The van der Waals surface area contributed by atoms with Gasteiger partial charge in [-0.25, -0.2) is 4.79 Å². The number of alkyl carbamates (subject to hydrolysis) is 1. The highest BCUT2D eigenvalue weighted by Gasteiger charge is 2.16. The van der Waals surface area contributed by atoms with Crippen molar-refractivity contribution >= 4 is 46.6 Å². The Morgan fingerprint density at radius 1 is 1.21 bits per heavy atom. The fourth-order valence-corrected chi connectivity index (χ4v) is 2.48. The van der Waals surface area contributed by atoms with Gasteiger partial charge in [0, 0.05) is 0 Å². The third-order valence-corrected chi connectivity index (χ3v) is 3.73. The van der Waals surface area contributed by atoms with E-state index >= 15 is 0 Å². The van der Waals surface area contributed by atoms with Crippen molar-refractivity contribution in [3.8, 4) is 23.3 Å². The number of carbonyl (C=O) groups is 2. The summed E-state index contributed by atoms with van der Waals surface area (Å²) in [6.07, 6.45) is -0.998. The van der Waals surface area contributed by atoms with Crippen molar-refractivity contribution < 1.29 is 24.2 Å². The highest BCUT2D eigenvalue weighted by Crippen LogP contribution is 2.39. The molecule has 2 aromatic rings. The summed E-state index contributed by atoms with van der Waals surface area (Å²) in [6.45, 7) is 1.62. The van der Waals surface area contributed by atoms with E-state index in [-0.39, 0.29) is 33.8 Å². The first-order chi connectivity index (χ1) is 13.8. The van der Waals surface area contributed by atoms with Gasteiger partial charge in [-0.2, -0.15) is 10.4 Å². The van der Waals surface area contributed by atoms with Crippen molar-refractivity contribution in [3.63, 3.8) is 0 Å². The van der Waals surface area contributed by atoms with Crippen LogP contribution in [0.2, 0.25) is 10.0 Å². The highest BCUT2D eigenvalue weighted by molar-refractivity contribution is 6.47. The van der Waals surface area contributed by atoms with Gasteiger partial charge in [0.05, 0.1) is 22.3 Å². The summed E-state index contributed by atoms with van der Waals surface area (Å²) in [5, 5.41) is 24.1.